The van der Waals surface area contributed by atoms with Crippen molar-refractivity contribution in [2.75, 3.05) is 12.5 Å². The standard InChI is InChI=1S/C2H6ClOPS2/c1-6-5(3,4)7-2/h1-2H3. The molecule has 0 rings (SSSR count). The molecule has 5 heteroatoms. The Bertz CT molecular complexity index is 87.7. The Balaban J connectivity index is 3.61. The minimum absolute atomic E-state index is 1.21. The highest BCUT2D eigenvalue weighted by Gasteiger charge is 2.12. The van der Waals surface area contributed by atoms with E-state index in [1.54, 1.807) is 12.5 Å². The zero-order chi connectivity index (χ0) is 5.91. The molecule has 0 fully saturated rings. The van der Waals surface area contributed by atoms with Gasteiger partial charge in [0.15, 0.2) is 0 Å². The first kappa shape index (κ1) is 8.22. The van der Waals surface area contributed by atoms with Crippen molar-refractivity contribution < 1.29 is 4.57 Å². The van der Waals surface area contributed by atoms with E-state index < -0.39 is 4.90 Å². The second kappa shape index (κ2) is 3.29. The van der Waals surface area contributed by atoms with Crippen molar-refractivity contribution in [2.45, 2.75) is 0 Å². The average molecular weight is 177 g/mol. The lowest BCUT2D eigenvalue weighted by molar-refractivity contribution is 0.601. The van der Waals surface area contributed by atoms with Gasteiger partial charge >= 0.3 is 0 Å². The zero-order valence-corrected chi connectivity index (χ0v) is 7.33. The van der Waals surface area contributed by atoms with E-state index in [1.165, 1.54) is 22.8 Å². The highest BCUT2D eigenvalue weighted by molar-refractivity contribution is 8.96. The molecule has 0 aliphatic heterocycles. The lowest BCUT2D eigenvalue weighted by atomic mass is 12.0. The monoisotopic (exact) mass is 176 g/mol. The molecule has 0 bridgehead atoms. The van der Waals surface area contributed by atoms with E-state index in [9.17, 15) is 4.57 Å². The molecule has 0 aliphatic rings. The van der Waals surface area contributed by atoms with Crippen molar-refractivity contribution >= 4 is 38.9 Å². The van der Waals surface area contributed by atoms with Crippen molar-refractivity contribution in [1.82, 2.24) is 0 Å². The molecule has 0 saturated heterocycles. The lowest BCUT2D eigenvalue weighted by Crippen LogP contribution is -1.47. The molecule has 44 valence electrons. The van der Waals surface area contributed by atoms with Gasteiger partial charge < -0.3 is 0 Å². The molecule has 0 spiro atoms. The Morgan fingerprint density at radius 3 is 1.71 bits per heavy atom. The number of hydrogen-bond donors (Lipinski definition) is 0. The van der Waals surface area contributed by atoms with E-state index in [0.717, 1.165) is 0 Å². The first-order valence-corrected chi connectivity index (χ1v) is 7.80. The van der Waals surface area contributed by atoms with Crippen molar-refractivity contribution in [2.24, 2.45) is 0 Å². The molecule has 0 heterocycles. The molecule has 1 nitrogen and oxygen atoms in total. The zero-order valence-electron chi connectivity index (χ0n) is 4.05. The van der Waals surface area contributed by atoms with Crippen LogP contribution in [0.2, 0.25) is 0 Å². The molecule has 0 aromatic carbocycles. The third-order valence-corrected chi connectivity index (χ3v) is 9.09. The minimum atomic E-state index is -2.35. The van der Waals surface area contributed by atoms with E-state index in [1.807, 2.05) is 0 Å². The van der Waals surface area contributed by atoms with Gasteiger partial charge in [0.05, 0.1) is 0 Å². The van der Waals surface area contributed by atoms with Crippen LogP contribution in [0.25, 0.3) is 0 Å². The molecular weight excluding hydrogens is 171 g/mol. The number of rotatable bonds is 2. The van der Waals surface area contributed by atoms with Gasteiger partial charge in [-0.05, 0) is 23.8 Å². The van der Waals surface area contributed by atoms with Crippen molar-refractivity contribution in [3.63, 3.8) is 0 Å². The number of hydrogen-bond acceptors (Lipinski definition) is 3. The van der Waals surface area contributed by atoms with Crippen LogP contribution >= 0.6 is 38.9 Å². The van der Waals surface area contributed by atoms with Gasteiger partial charge in [-0.3, -0.25) is 4.57 Å². The predicted molar refractivity (Wildman–Crippen MR) is 40.5 cm³/mol. The summed E-state index contributed by atoms with van der Waals surface area (Å²) in [6, 6.07) is 0. The molecular formula is C2H6ClOPS2. The average Bonchev–Trinajstić information content (AvgIpc) is 1.68. The van der Waals surface area contributed by atoms with Crippen LogP contribution in [0.15, 0.2) is 0 Å². The van der Waals surface area contributed by atoms with E-state index >= 15 is 0 Å². The van der Waals surface area contributed by atoms with Gasteiger partial charge in [0.25, 0.3) is 4.90 Å². The van der Waals surface area contributed by atoms with Crippen LogP contribution in [0.4, 0.5) is 0 Å². The van der Waals surface area contributed by atoms with Crippen LogP contribution in [0.3, 0.4) is 0 Å². The van der Waals surface area contributed by atoms with Crippen LogP contribution in [0.5, 0.6) is 0 Å². The molecule has 7 heavy (non-hydrogen) atoms. The number of halogens is 1. The maximum atomic E-state index is 10.6. The first-order valence-electron chi connectivity index (χ1n) is 1.53. The fraction of sp³-hybridized carbons (Fsp3) is 1.00. The van der Waals surface area contributed by atoms with Crippen molar-refractivity contribution in [1.29, 1.82) is 0 Å². The Kier molecular flexibility index (Phi) is 3.86. The normalized spacial score (nSPS) is 11.9. The third-order valence-electron chi connectivity index (χ3n) is 0.436. The van der Waals surface area contributed by atoms with Crippen LogP contribution in [-0.4, -0.2) is 12.5 Å². The molecule has 0 amide bonds. The Morgan fingerprint density at radius 1 is 1.43 bits per heavy atom. The summed E-state index contributed by atoms with van der Waals surface area (Å²) in [5.74, 6) is 0. The fourth-order valence-electron chi connectivity index (χ4n) is 0.0745. The summed E-state index contributed by atoms with van der Waals surface area (Å²) in [5.41, 5.74) is 0. The summed E-state index contributed by atoms with van der Waals surface area (Å²) < 4.78 is 10.6. The summed E-state index contributed by atoms with van der Waals surface area (Å²) in [7, 11) is 0. The second-order valence-corrected chi connectivity index (χ2v) is 11.0. The molecule has 0 aromatic rings. The van der Waals surface area contributed by atoms with Gasteiger partial charge in [0.1, 0.15) is 0 Å². The van der Waals surface area contributed by atoms with Crippen LogP contribution in [-0.2, 0) is 4.57 Å². The highest BCUT2D eigenvalue weighted by Crippen LogP contribution is 2.71. The van der Waals surface area contributed by atoms with Crippen LogP contribution in [0, 0.1) is 0 Å². The molecule has 0 saturated carbocycles. The van der Waals surface area contributed by atoms with E-state index in [0.29, 0.717) is 0 Å². The van der Waals surface area contributed by atoms with Gasteiger partial charge in [-0.2, -0.15) is 0 Å². The summed E-state index contributed by atoms with van der Waals surface area (Å²) in [5, 5.41) is 0. The Morgan fingerprint density at radius 2 is 1.71 bits per heavy atom. The summed E-state index contributed by atoms with van der Waals surface area (Å²) >= 11 is 7.81. The van der Waals surface area contributed by atoms with Crippen LogP contribution < -0.4 is 0 Å². The van der Waals surface area contributed by atoms with Crippen LogP contribution in [0.1, 0.15) is 0 Å². The SMILES string of the molecule is CSP(=O)(Cl)SC. The lowest BCUT2D eigenvalue weighted by Gasteiger charge is -1.97. The van der Waals surface area contributed by atoms with Gasteiger partial charge in [0, 0.05) is 0 Å². The molecule has 0 N–H and O–H groups in total. The molecule has 0 aromatic heterocycles. The van der Waals surface area contributed by atoms with Gasteiger partial charge in [0.2, 0.25) is 0 Å². The topological polar surface area (TPSA) is 17.1 Å². The van der Waals surface area contributed by atoms with E-state index in [-0.39, 0.29) is 0 Å². The summed E-state index contributed by atoms with van der Waals surface area (Å²) in [6.07, 6.45) is 3.48. The fourth-order valence-corrected chi connectivity index (χ4v) is 2.01. The third kappa shape index (κ3) is 3.77. The Labute approximate surface area is 56.2 Å². The molecule has 0 unspecified atom stereocenters. The molecule has 0 radical (unpaired) electrons. The quantitative estimate of drug-likeness (QED) is 0.602. The Hall–Kier alpha value is 1.22. The highest BCUT2D eigenvalue weighted by atomic mass is 35.7. The smallest absolute Gasteiger partial charge is 0.274 e. The van der Waals surface area contributed by atoms with E-state index in [4.69, 9.17) is 11.2 Å². The summed E-state index contributed by atoms with van der Waals surface area (Å²) in [6.45, 7) is 0. The van der Waals surface area contributed by atoms with Crippen molar-refractivity contribution in [3.05, 3.63) is 0 Å². The molecule has 0 atom stereocenters. The largest absolute Gasteiger partial charge is 0.283 e. The second-order valence-electron chi connectivity index (χ2n) is 0.796. The van der Waals surface area contributed by atoms with Crippen molar-refractivity contribution in [3.8, 4) is 0 Å². The molecule has 0 aliphatic carbocycles. The van der Waals surface area contributed by atoms with Gasteiger partial charge in [-0.25, -0.2) is 0 Å². The van der Waals surface area contributed by atoms with Gasteiger partial charge in [-0.1, -0.05) is 22.8 Å². The summed E-state index contributed by atoms with van der Waals surface area (Å²) in [4.78, 5) is -2.35. The minimum Gasteiger partial charge on any atom is -0.283 e. The first-order chi connectivity index (χ1) is 3.12. The van der Waals surface area contributed by atoms with Gasteiger partial charge in [-0.15, -0.1) is 0 Å². The maximum Gasteiger partial charge on any atom is 0.274 e. The van der Waals surface area contributed by atoms with E-state index in [2.05, 4.69) is 0 Å². The maximum absolute atomic E-state index is 10.6. The predicted octanol–water partition coefficient (Wildman–Crippen LogP) is 3.06.